The molecule has 1 aliphatic heterocycles. The normalized spacial score (nSPS) is 14.8. The van der Waals surface area contributed by atoms with Crippen LogP contribution < -0.4 is 5.32 Å². The summed E-state index contributed by atoms with van der Waals surface area (Å²) in [7, 11) is 3.45. The van der Waals surface area contributed by atoms with E-state index in [1.165, 1.54) is 13.2 Å². The topological polar surface area (TPSA) is 70.6 Å². The number of aromatic nitrogens is 2. The molecule has 1 N–H and O–H groups in total. The van der Waals surface area contributed by atoms with Gasteiger partial charge in [0.2, 0.25) is 5.95 Å². The van der Waals surface area contributed by atoms with Gasteiger partial charge in [-0.1, -0.05) is 18.2 Å². The molecule has 0 bridgehead atoms. The van der Waals surface area contributed by atoms with Crippen molar-refractivity contribution in [1.82, 2.24) is 19.8 Å². The molecule has 2 heterocycles. The molecule has 0 unspecified atom stereocenters. The predicted octanol–water partition coefficient (Wildman–Crippen LogP) is 3.56. The van der Waals surface area contributed by atoms with Gasteiger partial charge in [-0.15, -0.1) is 0 Å². The monoisotopic (exact) mass is 435 g/mol. The van der Waals surface area contributed by atoms with E-state index in [0.29, 0.717) is 35.0 Å². The molecule has 2 aromatic carbocycles. The van der Waals surface area contributed by atoms with Crippen LogP contribution >= 0.6 is 0 Å². The number of methoxy groups -OCH3 is 1. The Balaban J connectivity index is 1.44. The van der Waals surface area contributed by atoms with Gasteiger partial charge in [-0.25, -0.2) is 19.2 Å². The first-order valence-corrected chi connectivity index (χ1v) is 10.5. The summed E-state index contributed by atoms with van der Waals surface area (Å²) >= 11 is 0. The minimum Gasteiger partial charge on any atom is -0.465 e. The predicted molar refractivity (Wildman–Crippen MR) is 121 cm³/mol. The number of hydrogen-bond donors (Lipinski definition) is 1. The van der Waals surface area contributed by atoms with Crippen molar-refractivity contribution in [2.75, 3.05) is 45.7 Å². The molecule has 0 aliphatic carbocycles. The van der Waals surface area contributed by atoms with E-state index in [9.17, 15) is 9.18 Å². The van der Waals surface area contributed by atoms with Crippen LogP contribution in [-0.2, 0) is 11.3 Å². The maximum Gasteiger partial charge on any atom is 0.337 e. The molecule has 4 rings (SSSR count). The summed E-state index contributed by atoms with van der Waals surface area (Å²) < 4.78 is 19.4. The molecular formula is C24H26FN5O2. The van der Waals surface area contributed by atoms with E-state index in [-0.39, 0.29) is 11.8 Å². The molecule has 1 saturated heterocycles. The van der Waals surface area contributed by atoms with Crippen LogP contribution in [0.15, 0.2) is 54.7 Å². The van der Waals surface area contributed by atoms with Crippen molar-refractivity contribution in [1.29, 1.82) is 0 Å². The van der Waals surface area contributed by atoms with E-state index in [1.54, 1.807) is 36.5 Å². The number of halogens is 1. The second-order valence-corrected chi connectivity index (χ2v) is 7.85. The van der Waals surface area contributed by atoms with E-state index in [1.807, 2.05) is 12.1 Å². The van der Waals surface area contributed by atoms with Crippen LogP contribution in [0, 0.1) is 5.82 Å². The third-order valence-corrected chi connectivity index (χ3v) is 5.56. The fourth-order valence-electron chi connectivity index (χ4n) is 3.60. The number of benzene rings is 2. The molecule has 0 saturated carbocycles. The van der Waals surface area contributed by atoms with Gasteiger partial charge < -0.3 is 15.0 Å². The summed E-state index contributed by atoms with van der Waals surface area (Å²) in [5, 5.41) is 3.07. The van der Waals surface area contributed by atoms with Crippen LogP contribution in [0.5, 0.6) is 0 Å². The number of esters is 1. The summed E-state index contributed by atoms with van der Waals surface area (Å²) in [4.78, 5) is 24.9. The number of likely N-dealkylation sites (N-methyl/N-ethyl adjacent to an activating group) is 1. The molecule has 0 spiro atoms. The number of nitrogens with zero attached hydrogens (tertiary/aromatic N) is 4. The molecule has 1 fully saturated rings. The number of hydrogen-bond acceptors (Lipinski definition) is 7. The highest BCUT2D eigenvalue weighted by atomic mass is 19.1. The van der Waals surface area contributed by atoms with Crippen LogP contribution in [-0.4, -0.2) is 66.1 Å². The van der Waals surface area contributed by atoms with Gasteiger partial charge in [0.1, 0.15) is 5.82 Å². The van der Waals surface area contributed by atoms with Crippen molar-refractivity contribution >= 4 is 17.6 Å². The molecule has 0 radical (unpaired) electrons. The maximum absolute atomic E-state index is 14.7. The largest absolute Gasteiger partial charge is 0.465 e. The first kappa shape index (κ1) is 21.9. The fourth-order valence-corrected chi connectivity index (χ4v) is 3.60. The molecule has 166 valence electrons. The second kappa shape index (κ2) is 9.84. The number of ether oxygens (including phenoxy) is 1. The van der Waals surface area contributed by atoms with Gasteiger partial charge in [0, 0.05) is 55.7 Å². The lowest BCUT2D eigenvalue weighted by Gasteiger charge is -2.32. The van der Waals surface area contributed by atoms with Gasteiger partial charge in [-0.2, -0.15) is 0 Å². The maximum atomic E-state index is 14.7. The number of anilines is 2. The number of carbonyl (C=O) groups is 1. The molecule has 0 atom stereocenters. The van der Waals surface area contributed by atoms with Crippen molar-refractivity contribution in [2.45, 2.75) is 6.54 Å². The van der Waals surface area contributed by atoms with Crippen LogP contribution in [0.4, 0.5) is 16.0 Å². The zero-order chi connectivity index (χ0) is 22.5. The van der Waals surface area contributed by atoms with Crippen molar-refractivity contribution in [3.8, 4) is 11.3 Å². The number of rotatable bonds is 6. The van der Waals surface area contributed by atoms with Gasteiger partial charge in [-0.05, 0) is 37.4 Å². The minimum absolute atomic E-state index is 0.247. The molecule has 32 heavy (non-hydrogen) atoms. The summed E-state index contributed by atoms with van der Waals surface area (Å²) in [6.45, 7) is 4.49. The molecule has 8 heteroatoms. The lowest BCUT2D eigenvalue weighted by Crippen LogP contribution is -2.44. The van der Waals surface area contributed by atoms with Gasteiger partial charge in [0.05, 0.1) is 18.4 Å². The highest BCUT2D eigenvalue weighted by Crippen LogP contribution is 2.22. The van der Waals surface area contributed by atoms with Crippen molar-refractivity contribution in [3.63, 3.8) is 0 Å². The van der Waals surface area contributed by atoms with Gasteiger partial charge in [-0.3, -0.25) is 4.90 Å². The Labute approximate surface area is 186 Å². The zero-order valence-electron chi connectivity index (χ0n) is 18.2. The van der Waals surface area contributed by atoms with E-state index >= 15 is 0 Å². The lowest BCUT2D eigenvalue weighted by molar-refractivity contribution is 0.0600. The fraction of sp³-hybridized carbons (Fsp3) is 0.292. The van der Waals surface area contributed by atoms with Crippen LogP contribution in [0.3, 0.4) is 0 Å². The van der Waals surface area contributed by atoms with Crippen LogP contribution in [0.2, 0.25) is 0 Å². The first-order chi connectivity index (χ1) is 15.5. The highest BCUT2D eigenvalue weighted by Gasteiger charge is 2.16. The first-order valence-electron chi connectivity index (χ1n) is 10.5. The van der Waals surface area contributed by atoms with Crippen molar-refractivity contribution in [2.24, 2.45) is 0 Å². The lowest BCUT2D eigenvalue weighted by atomic mass is 10.1. The smallest absolute Gasteiger partial charge is 0.337 e. The molecule has 3 aromatic rings. The van der Waals surface area contributed by atoms with Gasteiger partial charge in [0.25, 0.3) is 0 Å². The molecule has 1 aromatic heterocycles. The summed E-state index contributed by atoms with van der Waals surface area (Å²) in [6, 6.07) is 13.9. The number of carbonyl (C=O) groups excluding carboxylic acids is 1. The van der Waals surface area contributed by atoms with E-state index in [2.05, 4.69) is 32.1 Å². The van der Waals surface area contributed by atoms with Crippen LogP contribution in [0.1, 0.15) is 15.9 Å². The van der Waals surface area contributed by atoms with E-state index in [0.717, 1.165) is 31.7 Å². The Hall–Kier alpha value is -3.36. The molecule has 0 amide bonds. The standard InChI is InChI=1S/C24H26FN5O2/c1-29-11-13-30(14-12-29)16-19-7-8-20(15-21(19)25)27-24-26-10-9-22(28-24)17-3-5-18(6-4-17)23(31)32-2/h3-10,15H,11-14,16H2,1-2H3,(H,26,27,28). The Bertz CT molecular complexity index is 1080. The average Bonchev–Trinajstić information content (AvgIpc) is 2.82. The number of nitrogens with one attached hydrogen (secondary N) is 1. The summed E-state index contributed by atoms with van der Waals surface area (Å²) in [5.74, 6) is -0.270. The average molecular weight is 436 g/mol. The van der Waals surface area contributed by atoms with Crippen LogP contribution in [0.25, 0.3) is 11.3 Å². The third kappa shape index (κ3) is 5.27. The minimum atomic E-state index is -0.389. The van der Waals surface area contributed by atoms with Gasteiger partial charge in [0.15, 0.2) is 0 Å². The second-order valence-electron chi connectivity index (χ2n) is 7.85. The molecule has 1 aliphatic rings. The van der Waals surface area contributed by atoms with Crippen molar-refractivity contribution in [3.05, 3.63) is 71.7 Å². The van der Waals surface area contributed by atoms with Crippen molar-refractivity contribution < 1.29 is 13.9 Å². The highest BCUT2D eigenvalue weighted by molar-refractivity contribution is 5.89. The quantitative estimate of drug-likeness (QED) is 0.594. The Morgan fingerprint density at radius 2 is 1.84 bits per heavy atom. The SMILES string of the molecule is COC(=O)c1ccc(-c2ccnc(Nc3ccc(CN4CCN(C)CC4)c(F)c3)n2)cc1. The zero-order valence-corrected chi connectivity index (χ0v) is 18.2. The van der Waals surface area contributed by atoms with E-state index in [4.69, 9.17) is 4.74 Å². The summed E-state index contributed by atoms with van der Waals surface area (Å²) in [6.07, 6.45) is 1.64. The Morgan fingerprint density at radius 1 is 1.09 bits per heavy atom. The molecule has 7 nitrogen and oxygen atoms in total. The Morgan fingerprint density at radius 3 is 2.53 bits per heavy atom. The summed E-state index contributed by atoms with van der Waals surface area (Å²) in [5.41, 5.74) is 3.25. The third-order valence-electron chi connectivity index (χ3n) is 5.56. The van der Waals surface area contributed by atoms with E-state index < -0.39 is 0 Å². The number of piperazine rings is 1. The van der Waals surface area contributed by atoms with Gasteiger partial charge >= 0.3 is 5.97 Å². The Kier molecular flexibility index (Phi) is 6.72. The molecular weight excluding hydrogens is 409 g/mol.